The molecule has 3 nitrogen and oxygen atoms in total. The Bertz CT molecular complexity index is 520. The van der Waals surface area contributed by atoms with Gasteiger partial charge in [0.1, 0.15) is 0 Å². The molecule has 120 valence electrons. The Labute approximate surface area is 130 Å². The van der Waals surface area contributed by atoms with Crippen molar-refractivity contribution in [3.05, 3.63) is 35.4 Å². The highest BCUT2D eigenvalue weighted by Crippen LogP contribution is 2.16. The van der Waals surface area contributed by atoms with Crippen molar-refractivity contribution in [1.82, 2.24) is 5.32 Å². The number of sulfone groups is 1. The van der Waals surface area contributed by atoms with Crippen molar-refractivity contribution < 1.29 is 8.42 Å². The zero-order chi connectivity index (χ0) is 16.0. The van der Waals surface area contributed by atoms with Gasteiger partial charge in [0.2, 0.25) is 0 Å². The summed E-state index contributed by atoms with van der Waals surface area (Å²) in [5.41, 5.74) is 2.55. The van der Waals surface area contributed by atoms with E-state index in [9.17, 15) is 8.42 Å². The van der Waals surface area contributed by atoms with Crippen molar-refractivity contribution in [2.45, 2.75) is 53.1 Å². The first-order valence-electron chi connectivity index (χ1n) is 7.78. The molecule has 0 saturated heterocycles. The molecule has 0 aliphatic rings. The largest absolute Gasteiger partial charge is 0.307 e. The minimum atomic E-state index is -2.93. The highest BCUT2D eigenvalue weighted by molar-refractivity contribution is 7.91. The van der Waals surface area contributed by atoms with Crippen molar-refractivity contribution in [1.29, 1.82) is 0 Å². The molecule has 0 aliphatic heterocycles. The van der Waals surface area contributed by atoms with Gasteiger partial charge >= 0.3 is 0 Å². The van der Waals surface area contributed by atoms with E-state index in [1.165, 1.54) is 11.1 Å². The summed E-state index contributed by atoms with van der Waals surface area (Å²) in [6.45, 7) is 10.1. The average molecular weight is 311 g/mol. The fraction of sp³-hybridized carbons (Fsp3) is 0.647. The topological polar surface area (TPSA) is 46.2 Å². The molecular weight excluding hydrogens is 282 g/mol. The predicted molar refractivity (Wildman–Crippen MR) is 90.3 cm³/mol. The lowest BCUT2D eigenvalue weighted by Crippen LogP contribution is -2.35. The van der Waals surface area contributed by atoms with Crippen LogP contribution in [0.15, 0.2) is 24.3 Å². The van der Waals surface area contributed by atoms with Crippen molar-refractivity contribution >= 4 is 9.84 Å². The second-order valence-electron chi connectivity index (χ2n) is 6.33. The van der Waals surface area contributed by atoms with E-state index in [4.69, 9.17) is 0 Å². The molecule has 0 aliphatic carbocycles. The summed E-state index contributed by atoms with van der Waals surface area (Å²) in [5, 5.41) is 3.37. The van der Waals surface area contributed by atoms with Crippen LogP contribution in [0.4, 0.5) is 0 Å². The second-order valence-corrected chi connectivity index (χ2v) is 8.73. The summed E-state index contributed by atoms with van der Waals surface area (Å²) in [6.07, 6.45) is 1.09. The third-order valence-electron chi connectivity index (χ3n) is 3.60. The van der Waals surface area contributed by atoms with E-state index in [-0.39, 0.29) is 23.6 Å². The fourth-order valence-electron chi connectivity index (χ4n) is 2.48. The zero-order valence-corrected chi connectivity index (χ0v) is 14.7. The lowest BCUT2D eigenvalue weighted by atomic mass is 10.00. The van der Waals surface area contributed by atoms with E-state index in [1.807, 2.05) is 6.92 Å². The smallest absolute Gasteiger partial charge is 0.151 e. The average Bonchev–Trinajstić information content (AvgIpc) is 2.38. The molecular formula is C17H29NO2S. The van der Waals surface area contributed by atoms with E-state index in [1.54, 1.807) is 6.92 Å². The monoisotopic (exact) mass is 311 g/mol. The van der Waals surface area contributed by atoms with E-state index < -0.39 is 9.84 Å². The number of nitrogens with one attached hydrogen (secondary N) is 1. The Morgan fingerprint density at radius 3 is 2.10 bits per heavy atom. The van der Waals surface area contributed by atoms with Gasteiger partial charge in [-0.1, -0.05) is 45.0 Å². The SMILES string of the molecule is CCS(=O)(=O)CC(C)NC(C)c1ccc(CC(C)C)cc1. The normalized spacial score (nSPS) is 15.1. The molecule has 1 aromatic rings. The summed E-state index contributed by atoms with van der Waals surface area (Å²) < 4.78 is 23.3. The van der Waals surface area contributed by atoms with Crippen molar-refractivity contribution in [2.75, 3.05) is 11.5 Å². The molecule has 1 aromatic carbocycles. The summed E-state index contributed by atoms with van der Waals surface area (Å²) in [6, 6.07) is 8.72. The number of benzene rings is 1. The number of hydrogen-bond acceptors (Lipinski definition) is 3. The van der Waals surface area contributed by atoms with Gasteiger partial charge in [0.15, 0.2) is 9.84 Å². The van der Waals surface area contributed by atoms with Crippen LogP contribution in [0.2, 0.25) is 0 Å². The molecule has 0 bridgehead atoms. The van der Waals surface area contributed by atoms with Crippen LogP contribution in [-0.2, 0) is 16.3 Å². The highest BCUT2D eigenvalue weighted by atomic mass is 32.2. The van der Waals surface area contributed by atoms with Gasteiger partial charge < -0.3 is 5.32 Å². The third kappa shape index (κ3) is 6.62. The molecule has 0 amide bonds. The molecule has 21 heavy (non-hydrogen) atoms. The Hall–Kier alpha value is -0.870. The molecule has 0 saturated carbocycles. The molecule has 0 fully saturated rings. The van der Waals surface area contributed by atoms with E-state index >= 15 is 0 Å². The number of hydrogen-bond donors (Lipinski definition) is 1. The summed E-state index contributed by atoms with van der Waals surface area (Å²) >= 11 is 0. The Morgan fingerprint density at radius 1 is 1.05 bits per heavy atom. The van der Waals surface area contributed by atoms with Gasteiger partial charge in [-0.25, -0.2) is 8.42 Å². The van der Waals surface area contributed by atoms with E-state index in [2.05, 4.69) is 50.4 Å². The molecule has 2 atom stereocenters. The lowest BCUT2D eigenvalue weighted by molar-refractivity contribution is 0.499. The standard InChI is InChI=1S/C17H29NO2S/c1-6-21(19,20)12-14(4)18-15(5)17-9-7-16(8-10-17)11-13(2)3/h7-10,13-15,18H,6,11-12H2,1-5H3. The van der Waals surface area contributed by atoms with Crippen LogP contribution in [0.5, 0.6) is 0 Å². The first kappa shape index (κ1) is 18.2. The van der Waals surface area contributed by atoms with E-state index in [0.717, 1.165) is 6.42 Å². The molecule has 0 heterocycles. The predicted octanol–water partition coefficient (Wildman–Crippen LogP) is 3.36. The molecule has 2 unspecified atom stereocenters. The van der Waals surface area contributed by atoms with Crippen molar-refractivity contribution in [3.8, 4) is 0 Å². The number of rotatable bonds is 8. The van der Waals surface area contributed by atoms with Crippen LogP contribution in [-0.4, -0.2) is 26.0 Å². The van der Waals surface area contributed by atoms with Crippen LogP contribution in [0.3, 0.4) is 0 Å². The van der Waals surface area contributed by atoms with Gasteiger partial charge in [-0.2, -0.15) is 0 Å². The van der Waals surface area contributed by atoms with Crippen LogP contribution >= 0.6 is 0 Å². The van der Waals surface area contributed by atoms with Gasteiger partial charge in [-0.05, 0) is 37.3 Å². The highest BCUT2D eigenvalue weighted by Gasteiger charge is 2.16. The van der Waals surface area contributed by atoms with Crippen LogP contribution in [0, 0.1) is 5.92 Å². The molecule has 1 N–H and O–H groups in total. The van der Waals surface area contributed by atoms with Crippen LogP contribution in [0.25, 0.3) is 0 Å². The quantitative estimate of drug-likeness (QED) is 0.801. The minimum absolute atomic E-state index is 0.0414. The summed E-state index contributed by atoms with van der Waals surface area (Å²) in [5.74, 6) is 1.06. The Morgan fingerprint density at radius 2 is 1.62 bits per heavy atom. The third-order valence-corrected chi connectivity index (χ3v) is 5.49. The fourth-order valence-corrected chi connectivity index (χ4v) is 3.58. The minimum Gasteiger partial charge on any atom is -0.307 e. The maximum atomic E-state index is 11.6. The first-order chi connectivity index (χ1) is 9.73. The van der Waals surface area contributed by atoms with Crippen LogP contribution < -0.4 is 5.32 Å². The maximum absolute atomic E-state index is 11.6. The van der Waals surface area contributed by atoms with Gasteiger partial charge in [-0.3, -0.25) is 0 Å². The maximum Gasteiger partial charge on any atom is 0.151 e. The molecule has 4 heteroatoms. The Kier molecular flexibility index (Phi) is 6.88. The summed E-state index contributed by atoms with van der Waals surface area (Å²) in [4.78, 5) is 0. The Balaban J connectivity index is 2.61. The van der Waals surface area contributed by atoms with Crippen molar-refractivity contribution in [3.63, 3.8) is 0 Å². The van der Waals surface area contributed by atoms with Gasteiger partial charge in [-0.15, -0.1) is 0 Å². The molecule has 1 rings (SSSR count). The lowest BCUT2D eigenvalue weighted by Gasteiger charge is -2.20. The second kappa shape index (κ2) is 7.95. The van der Waals surface area contributed by atoms with Crippen LogP contribution in [0.1, 0.15) is 51.8 Å². The van der Waals surface area contributed by atoms with E-state index in [0.29, 0.717) is 5.92 Å². The van der Waals surface area contributed by atoms with Gasteiger partial charge in [0.05, 0.1) is 5.75 Å². The molecule has 0 spiro atoms. The van der Waals surface area contributed by atoms with Crippen molar-refractivity contribution in [2.24, 2.45) is 5.92 Å². The first-order valence-corrected chi connectivity index (χ1v) is 9.61. The van der Waals surface area contributed by atoms with Gasteiger partial charge in [0, 0.05) is 17.8 Å². The molecule has 0 aromatic heterocycles. The summed E-state index contributed by atoms with van der Waals surface area (Å²) in [7, 11) is -2.93. The van der Waals surface area contributed by atoms with Gasteiger partial charge in [0.25, 0.3) is 0 Å². The zero-order valence-electron chi connectivity index (χ0n) is 13.9. The molecule has 0 radical (unpaired) electrons.